The van der Waals surface area contributed by atoms with Gasteiger partial charge < -0.3 is 0 Å². The molecule has 0 aromatic heterocycles. The first-order chi connectivity index (χ1) is 17.9. The second kappa shape index (κ2) is 9.52. The molecule has 0 N–H and O–H groups in total. The van der Waals surface area contributed by atoms with Crippen molar-refractivity contribution in [2.45, 2.75) is 36.3 Å². The standard InChI is InChI=1S/C31H26F3O2PS/c1-30(2,3)37(23-13-5-4-6-14-23)26-19-17-21-11-7-9-15-24(21)28(26)29-25-16-10-8-12-22(25)18-20-27(29)38(35,36)31(32,33)34/h4-20H,1-3H3. The second-order valence-corrected chi connectivity index (χ2v) is 15.1. The first-order valence-electron chi connectivity index (χ1n) is 12.1. The van der Waals surface area contributed by atoms with Crippen molar-refractivity contribution in [3.63, 3.8) is 0 Å². The third kappa shape index (κ3) is 4.50. The Bertz CT molecular complexity index is 1760. The molecule has 0 spiro atoms. The molecule has 0 aliphatic rings. The molecular weight excluding hydrogens is 524 g/mol. The van der Waals surface area contributed by atoms with Crippen LogP contribution in [-0.4, -0.2) is 19.1 Å². The molecule has 0 amide bonds. The van der Waals surface area contributed by atoms with E-state index in [9.17, 15) is 21.6 Å². The van der Waals surface area contributed by atoms with Gasteiger partial charge in [-0.1, -0.05) is 118 Å². The minimum atomic E-state index is -5.65. The fourth-order valence-electron chi connectivity index (χ4n) is 5.03. The zero-order valence-electron chi connectivity index (χ0n) is 21.1. The van der Waals surface area contributed by atoms with Crippen molar-refractivity contribution in [1.82, 2.24) is 0 Å². The number of alkyl halides is 3. The molecule has 5 aromatic rings. The van der Waals surface area contributed by atoms with E-state index in [0.29, 0.717) is 21.7 Å². The van der Waals surface area contributed by atoms with Gasteiger partial charge in [-0.05, 0) is 56.9 Å². The minimum absolute atomic E-state index is 0.0971. The van der Waals surface area contributed by atoms with Crippen LogP contribution in [0, 0.1) is 0 Å². The number of hydrogen-bond acceptors (Lipinski definition) is 2. The summed E-state index contributed by atoms with van der Waals surface area (Å²) in [7, 11) is -6.77. The van der Waals surface area contributed by atoms with Gasteiger partial charge in [0.25, 0.3) is 9.84 Å². The summed E-state index contributed by atoms with van der Waals surface area (Å²) in [6.07, 6.45) is 0. The second-order valence-electron chi connectivity index (χ2n) is 10.1. The lowest BCUT2D eigenvalue weighted by molar-refractivity contribution is -0.0435. The van der Waals surface area contributed by atoms with Gasteiger partial charge in [-0.2, -0.15) is 13.2 Å². The van der Waals surface area contributed by atoms with Gasteiger partial charge in [0.2, 0.25) is 0 Å². The quantitative estimate of drug-likeness (QED) is 0.212. The van der Waals surface area contributed by atoms with E-state index in [-0.39, 0.29) is 10.7 Å². The molecule has 0 radical (unpaired) electrons. The average Bonchev–Trinajstić information content (AvgIpc) is 2.87. The van der Waals surface area contributed by atoms with Crippen molar-refractivity contribution >= 4 is 49.9 Å². The van der Waals surface area contributed by atoms with Crippen LogP contribution in [0.4, 0.5) is 13.2 Å². The molecule has 5 rings (SSSR count). The Morgan fingerprint density at radius 3 is 1.66 bits per heavy atom. The largest absolute Gasteiger partial charge is 0.501 e. The SMILES string of the molecule is CC(C)(C)P(c1ccccc1)c1ccc2ccccc2c1-c1c(S(=O)(=O)C(F)(F)F)ccc2ccccc12. The number of halogens is 3. The molecule has 2 nitrogen and oxygen atoms in total. The lowest BCUT2D eigenvalue weighted by atomic mass is 9.93. The predicted octanol–water partition coefficient (Wildman–Crippen LogP) is 8.18. The summed E-state index contributed by atoms with van der Waals surface area (Å²) >= 11 is 0. The summed E-state index contributed by atoms with van der Waals surface area (Å²) in [6.45, 7) is 6.34. The van der Waals surface area contributed by atoms with E-state index in [2.05, 4.69) is 20.8 Å². The van der Waals surface area contributed by atoms with Gasteiger partial charge in [0.1, 0.15) is 0 Å². The Kier molecular flexibility index (Phi) is 6.61. The maximum Gasteiger partial charge on any atom is 0.501 e. The maximum absolute atomic E-state index is 14.1. The molecular formula is C31H26F3O2PS. The normalized spacial score (nSPS) is 13.6. The number of sulfone groups is 1. The molecule has 0 aliphatic carbocycles. The van der Waals surface area contributed by atoms with Gasteiger partial charge in [0.15, 0.2) is 0 Å². The Hall–Kier alpha value is -3.21. The van der Waals surface area contributed by atoms with Crippen molar-refractivity contribution in [2.75, 3.05) is 0 Å². The van der Waals surface area contributed by atoms with E-state index in [4.69, 9.17) is 0 Å². The predicted molar refractivity (Wildman–Crippen MR) is 153 cm³/mol. The van der Waals surface area contributed by atoms with E-state index in [1.165, 1.54) is 6.07 Å². The van der Waals surface area contributed by atoms with Crippen LogP contribution in [0.5, 0.6) is 0 Å². The molecule has 38 heavy (non-hydrogen) atoms. The van der Waals surface area contributed by atoms with Crippen LogP contribution >= 0.6 is 7.92 Å². The summed E-state index contributed by atoms with van der Waals surface area (Å²) in [6, 6.07) is 30.9. The van der Waals surface area contributed by atoms with Crippen molar-refractivity contribution < 1.29 is 21.6 Å². The Balaban J connectivity index is 2.02. The summed E-state index contributed by atoms with van der Waals surface area (Å²) in [5.74, 6) is 0. The summed E-state index contributed by atoms with van der Waals surface area (Å²) in [4.78, 5) is -0.724. The average molecular weight is 551 g/mol. The van der Waals surface area contributed by atoms with Gasteiger partial charge in [-0.3, -0.25) is 0 Å². The Labute approximate surface area is 221 Å². The fraction of sp³-hybridized carbons (Fsp3) is 0.161. The Morgan fingerprint density at radius 1 is 0.605 bits per heavy atom. The fourth-order valence-corrected chi connectivity index (χ4v) is 8.93. The monoisotopic (exact) mass is 550 g/mol. The molecule has 1 unspecified atom stereocenters. The van der Waals surface area contributed by atoms with Crippen molar-refractivity contribution in [3.05, 3.63) is 103 Å². The summed E-state index contributed by atoms with van der Waals surface area (Å²) < 4.78 is 68.3. The molecule has 194 valence electrons. The van der Waals surface area contributed by atoms with Gasteiger partial charge in [0.05, 0.1) is 4.90 Å². The number of rotatable bonds is 4. The Morgan fingerprint density at radius 2 is 1.11 bits per heavy atom. The van der Waals surface area contributed by atoms with Gasteiger partial charge >= 0.3 is 5.51 Å². The molecule has 0 heterocycles. The van der Waals surface area contributed by atoms with Gasteiger partial charge in [-0.25, -0.2) is 8.42 Å². The lowest BCUT2D eigenvalue weighted by Crippen LogP contribution is -2.28. The van der Waals surface area contributed by atoms with Gasteiger partial charge in [-0.15, -0.1) is 0 Å². The first kappa shape index (κ1) is 26.4. The zero-order valence-corrected chi connectivity index (χ0v) is 22.8. The van der Waals surface area contributed by atoms with Crippen LogP contribution in [0.2, 0.25) is 0 Å². The van der Waals surface area contributed by atoms with Crippen LogP contribution in [0.15, 0.2) is 108 Å². The number of fused-ring (bicyclic) bond motifs is 2. The van der Waals surface area contributed by atoms with Crippen LogP contribution in [0.25, 0.3) is 32.7 Å². The summed E-state index contributed by atoms with van der Waals surface area (Å²) in [5.41, 5.74) is -4.81. The molecule has 0 saturated carbocycles. The smallest absolute Gasteiger partial charge is 0.214 e. The first-order valence-corrected chi connectivity index (χ1v) is 14.9. The molecule has 0 saturated heterocycles. The third-order valence-electron chi connectivity index (χ3n) is 6.57. The molecule has 0 bridgehead atoms. The van der Waals surface area contributed by atoms with Crippen molar-refractivity contribution in [1.29, 1.82) is 0 Å². The topological polar surface area (TPSA) is 34.1 Å². The van der Waals surface area contributed by atoms with E-state index in [0.717, 1.165) is 22.1 Å². The lowest BCUT2D eigenvalue weighted by Gasteiger charge is -2.34. The van der Waals surface area contributed by atoms with Crippen molar-refractivity contribution in [3.8, 4) is 11.1 Å². The molecule has 0 fully saturated rings. The zero-order chi connectivity index (χ0) is 27.3. The van der Waals surface area contributed by atoms with E-state index >= 15 is 0 Å². The highest BCUT2D eigenvalue weighted by molar-refractivity contribution is 7.92. The molecule has 5 aromatic carbocycles. The van der Waals surface area contributed by atoms with Crippen molar-refractivity contribution in [2.24, 2.45) is 0 Å². The molecule has 0 aliphatic heterocycles. The van der Waals surface area contributed by atoms with E-state index in [1.54, 1.807) is 24.3 Å². The van der Waals surface area contributed by atoms with Crippen LogP contribution in [-0.2, 0) is 9.84 Å². The van der Waals surface area contributed by atoms with Gasteiger partial charge in [0, 0.05) is 5.56 Å². The maximum atomic E-state index is 14.1. The highest BCUT2D eigenvalue weighted by atomic mass is 32.2. The van der Waals surface area contributed by atoms with Crippen LogP contribution in [0.1, 0.15) is 20.8 Å². The third-order valence-corrected chi connectivity index (χ3v) is 11.1. The van der Waals surface area contributed by atoms with E-state index in [1.807, 2.05) is 66.7 Å². The molecule has 7 heteroatoms. The van der Waals surface area contributed by atoms with E-state index < -0.39 is 28.2 Å². The number of benzene rings is 5. The molecule has 1 atom stereocenters. The van der Waals surface area contributed by atoms with Crippen LogP contribution < -0.4 is 10.6 Å². The minimum Gasteiger partial charge on any atom is -0.214 e. The highest BCUT2D eigenvalue weighted by Gasteiger charge is 2.48. The summed E-state index contributed by atoms with van der Waals surface area (Å²) in [5, 5.41) is 4.30. The number of hydrogen-bond donors (Lipinski definition) is 0. The highest BCUT2D eigenvalue weighted by Crippen LogP contribution is 2.52. The van der Waals surface area contributed by atoms with Crippen LogP contribution in [0.3, 0.4) is 0 Å².